The molecule has 0 amide bonds. The van der Waals surface area contributed by atoms with Crippen molar-refractivity contribution in [2.45, 2.75) is 39.8 Å². The molecule has 0 saturated carbocycles. The van der Waals surface area contributed by atoms with Crippen LogP contribution >= 0.6 is 0 Å². The molecule has 0 aliphatic heterocycles. The Hall–Kier alpha value is -3.26. The number of ether oxygens (including phenoxy) is 2. The highest BCUT2D eigenvalue weighted by Crippen LogP contribution is 2.16. The van der Waals surface area contributed by atoms with Crippen molar-refractivity contribution < 1.29 is 19.1 Å². The monoisotopic (exact) mass is 425 g/mol. The summed E-state index contributed by atoms with van der Waals surface area (Å²) in [5.41, 5.74) is 2.78. The second-order valence-corrected chi connectivity index (χ2v) is 7.38. The molecule has 0 fully saturated rings. The Balaban J connectivity index is 1.55. The Labute approximate surface area is 180 Å². The van der Waals surface area contributed by atoms with Gasteiger partial charge in [0.05, 0.1) is 23.7 Å². The number of carbonyl (C=O) groups is 2. The van der Waals surface area contributed by atoms with Crippen molar-refractivity contribution in [1.29, 1.82) is 0 Å². The first kappa shape index (κ1) is 22.4. The largest absolute Gasteiger partial charge is 0.457 e. The molecule has 0 bridgehead atoms. The van der Waals surface area contributed by atoms with E-state index in [1.807, 2.05) is 26.0 Å². The number of para-hydroxylation sites is 1. The molecule has 0 atom stereocenters. The second kappa shape index (κ2) is 10.2. The third-order valence-corrected chi connectivity index (χ3v) is 5.26. The first-order valence-corrected chi connectivity index (χ1v) is 10.2. The molecule has 0 radical (unpaired) electrons. The third-order valence-electron chi connectivity index (χ3n) is 5.26. The van der Waals surface area contributed by atoms with Crippen molar-refractivity contribution >= 4 is 22.7 Å². The first-order chi connectivity index (χ1) is 14.9. The van der Waals surface area contributed by atoms with Gasteiger partial charge in [-0.1, -0.05) is 12.1 Å². The molecule has 3 aromatic rings. The van der Waals surface area contributed by atoms with Crippen LogP contribution in [0.2, 0.25) is 0 Å². The predicted molar refractivity (Wildman–Crippen MR) is 116 cm³/mol. The zero-order valence-electron chi connectivity index (χ0n) is 18.1. The highest BCUT2D eigenvalue weighted by molar-refractivity contribution is 5.99. The highest BCUT2D eigenvalue weighted by Gasteiger charge is 2.17. The van der Waals surface area contributed by atoms with Crippen molar-refractivity contribution in [2.24, 2.45) is 0 Å². The van der Waals surface area contributed by atoms with Crippen LogP contribution in [0.1, 0.15) is 34.6 Å². The van der Waals surface area contributed by atoms with Crippen LogP contribution in [-0.4, -0.2) is 46.2 Å². The van der Waals surface area contributed by atoms with Crippen LogP contribution in [0.25, 0.3) is 10.9 Å². The number of hydrogen-bond donors (Lipinski definition) is 0. The van der Waals surface area contributed by atoms with E-state index in [4.69, 9.17) is 9.47 Å². The Bertz CT molecular complexity index is 1150. The lowest BCUT2D eigenvalue weighted by Gasteiger charge is -2.09. The van der Waals surface area contributed by atoms with Crippen molar-refractivity contribution in [2.75, 3.05) is 20.3 Å². The number of aryl methyl sites for hydroxylation is 2. The Morgan fingerprint density at radius 3 is 2.68 bits per heavy atom. The standard InChI is InChI=1S/C23H27N3O5/c1-16-13-19(17(2)26(16)10-6-12-30-3)21(27)14-31-22(28)9-11-25-15-24-20-8-5-4-7-18(20)23(25)29/h4-5,7-8,13,15H,6,9-12,14H2,1-3H3. The molecule has 164 valence electrons. The van der Waals surface area contributed by atoms with Gasteiger partial charge in [-0.05, 0) is 38.5 Å². The summed E-state index contributed by atoms with van der Waals surface area (Å²) in [5.74, 6) is -0.786. The number of methoxy groups -OCH3 is 1. The number of fused-ring (bicyclic) bond motifs is 1. The first-order valence-electron chi connectivity index (χ1n) is 10.2. The van der Waals surface area contributed by atoms with Crippen LogP contribution < -0.4 is 5.56 Å². The van der Waals surface area contributed by atoms with Crippen LogP contribution in [0.3, 0.4) is 0 Å². The molecule has 8 nitrogen and oxygen atoms in total. The van der Waals surface area contributed by atoms with Crippen molar-refractivity contribution in [1.82, 2.24) is 14.1 Å². The molecule has 0 aliphatic carbocycles. The zero-order chi connectivity index (χ0) is 22.4. The minimum absolute atomic E-state index is 0.0246. The maximum absolute atomic E-state index is 12.6. The van der Waals surface area contributed by atoms with Gasteiger partial charge in [0.25, 0.3) is 5.56 Å². The van der Waals surface area contributed by atoms with Gasteiger partial charge in [0.1, 0.15) is 0 Å². The fourth-order valence-corrected chi connectivity index (χ4v) is 3.57. The summed E-state index contributed by atoms with van der Waals surface area (Å²) in [6.45, 7) is 5.04. The van der Waals surface area contributed by atoms with Crippen molar-refractivity contribution in [3.63, 3.8) is 0 Å². The lowest BCUT2D eigenvalue weighted by Crippen LogP contribution is -2.23. The number of esters is 1. The fraction of sp³-hybridized carbons (Fsp3) is 0.391. The van der Waals surface area contributed by atoms with E-state index >= 15 is 0 Å². The summed E-state index contributed by atoms with van der Waals surface area (Å²) in [5, 5.41) is 0.495. The third kappa shape index (κ3) is 5.27. The average Bonchev–Trinajstić information content (AvgIpc) is 3.05. The fourth-order valence-electron chi connectivity index (χ4n) is 3.57. The summed E-state index contributed by atoms with van der Waals surface area (Å²) in [7, 11) is 1.66. The number of rotatable bonds is 10. The molecular weight excluding hydrogens is 398 g/mol. The summed E-state index contributed by atoms with van der Waals surface area (Å²) in [6.07, 6.45) is 2.24. The van der Waals surface area contributed by atoms with E-state index in [0.29, 0.717) is 23.1 Å². The van der Waals surface area contributed by atoms with Crippen LogP contribution in [0.15, 0.2) is 41.5 Å². The van der Waals surface area contributed by atoms with Crippen LogP contribution in [0, 0.1) is 13.8 Å². The maximum Gasteiger partial charge on any atom is 0.308 e. The number of hydrogen-bond acceptors (Lipinski definition) is 6. The molecule has 0 unspecified atom stereocenters. The SMILES string of the molecule is COCCCn1c(C)cc(C(=O)COC(=O)CCn2cnc3ccccc3c2=O)c1C. The average molecular weight is 425 g/mol. The number of Topliss-reactive ketones (excluding diaryl/α,β-unsaturated/α-hetero) is 1. The Morgan fingerprint density at radius 1 is 1.13 bits per heavy atom. The molecule has 3 rings (SSSR count). The van der Waals surface area contributed by atoms with Gasteiger partial charge in [-0.25, -0.2) is 4.98 Å². The number of nitrogens with zero attached hydrogens (tertiary/aromatic N) is 3. The topological polar surface area (TPSA) is 92.4 Å². The number of benzene rings is 1. The van der Waals surface area contributed by atoms with Crippen LogP contribution in [0.4, 0.5) is 0 Å². The zero-order valence-corrected chi connectivity index (χ0v) is 18.1. The van der Waals surface area contributed by atoms with Gasteiger partial charge in [-0.15, -0.1) is 0 Å². The molecule has 0 spiro atoms. The summed E-state index contributed by atoms with van der Waals surface area (Å²) >= 11 is 0. The molecule has 2 aromatic heterocycles. The lowest BCUT2D eigenvalue weighted by molar-refractivity contribution is -0.142. The van der Waals surface area contributed by atoms with Crippen LogP contribution in [0.5, 0.6) is 0 Å². The van der Waals surface area contributed by atoms with E-state index in [9.17, 15) is 14.4 Å². The van der Waals surface area contributed by atoms with E-state index in [1.165, 1.54) is 10.9 Å². The van der Waals surface area contributed by atoms with Gasteiger partial charge in [0.2, 0.25) is 5.78 Å². The van der Waals surface area contributed by atoms with E-state index < -0.39 is 5.97 Å². The quantitative estimate of drug-likeness (QED) is 0.282. The predicted octanol–water partition coefficient (Wildman–Crippen LogP) is 2.67. The second-order valence-electron chi connectivity index (χ2n) is 7.38. The molecular formula is C23H27N3O5. The smallest absolute Gasteiger partial charge is 0.308 e. The van der Waals surface area contributed by atoms with Gasteiger partial charge < -0.3 is 14.0 Å². The maximum atomic E-state index is 12.6. The van der Waals surface area contributed by atoms with E-state index in [-0.39, 0.29) is 30.9 Å². The van der Waals surface area contributed by atoms with Gasteiger partial charge in [0, 0.05) is 43.8 Å². The number of ketones is 1. The van der Waals surface area contributed by atoms with Gasteiger partial charge in [0.15, 0.2) is 6.61 Å². The number of carbonyl (C=O) groups excluding carboxylic acids is 2. The van der Waals surface area contributed by atoms with Gasteiger partial charge in [-0.2, -0.15) is 0 Å². The minimum atomic E-state index is -0.540. The molecule has 0 saturated heterocycles. The van der Waals surface area contributed by atoms with Crippen molar-refractivity contribution in [3.8, 4) is 0 Å². The van der Waals surface area contributed by atoms with E-state index in [1.54, 1.807) is 25.3 Å². The highest BCUT2D eigenvalue weighted by atomic mass is 16.5. The van der Waals surface area contributed by atoms with Gasteiger partial charge >= 0.3 is 5.97 Å². The molecule has 1 aromatic carbocycles. The number of aromatic nitrogens is 3. The summed E-state index contributed by atoms with van der Waals surface area (Å²) in [4.78, 5) is 41.4. The molecule has 8 heteroatoms. The van der Waals surface area contributed by atoms with Crippen LogP contribution in [-0.2, 0) is 27.4 Å². The summed E-state index contributed by atoms with van der Waals surface area (Å²) in [6, 6.07) is 8.85. The van der Waals surface area contributed by atoms with Gasteiger partial charge in [-0.3, -0.25) is 19.0 Å². The molecule has 31 heavy (non-hydrogen) atoms. The van der Waals surface area contributed by atoms with E-state index in [2.05, 4.69) is 9.55 Å². The molecule has 0 N–H and O–H groups in total. The summed E-state index contributed by atoms with van der Waals surface area (Å²) < 4.78 is 13.7. The Morgan fingerprint density at radius 2 is 1.90 bits per heavy atom. The van der Waals surface area contributed by atoms with Crippen molar-refractivity contribution in [3.05, 3.63) is 64.0 Å². The molecule has 0 aliphatic rings. The minimum Gasteiger partial charge on any atom is -0.457 e. The Kier molecular flexibility index (Phi) is 7.36. The van der Waals surface area contributed by atoms with E-state index in [0.717, 1.165) is 24.4 Å². The molecule has 2 heterocycles. The lowest BCUT2D eigenvalue weighted by atomic mass is 10.1. The normalized spacial score (nSPS) is 11.1.